The fourth-order valence-electron chi connectivity index (χ4n) is 4.35. The average molecular weight is 491 g/mol. The van der Waals surface area contributed by atoms with Gasteiger partial charge in [0.25, 0.3) is 0 Å². The highest BCUT2D eigenvalue weighted by Gasteiger charge is 2.22. The topological polar surface area (TPSA) is 50.6 Å². The van der Waals surface area contributed by atoms with E-state index >= 15 is 0 Å². The van der Waals surface area contributed by atoms with Crippen molar-refractivity contribution in [3.8, 4) is 5.75 Å². The number of aromatic nitrogens is 2. The molecule has 0 aliphatic carbocycles. The summed E-state index contributed by atoms with van der Waals surface area (Å²) in [5, 5.41) is 0.826. The maximum atomic E-state index is 13.2. The summed E-state index contributed by atoms with van der Waals surface area (Å²) >= 11 is 1.48. The van der Waals surface area contributed by atoms with Crippen molar-refractivity contribution in [2.45, 2.75) is 11.7 Å². The number of rotatable bonds is 7. The van der Waals surface area contributed by atoms with Crippen LogP contribution in [-0.2, 0) is 11.3 Å². The summed E-state index contributed by atoms with van der Waals surface area (Å²) in [5.41, 5.74) is 4.05. The van der Waals surface area contributed by atoms with E-state index in [4.69, 9.17) is 9.72 Å². The minimum absolute atomic E-state index is 0.105. The molecular weight excluding hydrogens is 463 g/mol. The Morgan fingerprint density at radius 1 is 1.00 bits per heavy atom. The standard InChI is InChI=1S/C27H27FN4O2S/c1-34-23-6-4-5-20(17-23)18-32-25-8-3-2-7-24(25)29-27(32)35-19-26(33)31-15-13-30(14-16-31)22-11-9-21(28)10-12-22/h2-12,17H,13-16,18-19H2,1H3. The third-order valence-electron chi connectivity index (χ3n) is 6.24. The summed E-state index contributed by atoms with van der Waals surface area (Å²) in [7, 11) is 1.66. The Balaban J connectivity index is 1.25. The van der Waals surface area contributed by atoms with Crippen LogP contribution < -0.4 is 9.64 Å². The fraction of sp³-hybridized carbons (Fsp3) is 0.259. The molecule has 0 radical (unpaired) electrons. The minimum Gasteiger partial charge on any atom is -0.497 e. The van der Waals surface area contributed by atoms with Gasteiger partial charge in [0, 0.05) is 31.9 Å². The number of thioether (sulfide) groups is 1. The van der Waals surface area contributed by atoms with E-state index in [0.29, 0.717) is 25.4 Å². The highest BCUT2D eigenvalue weighted by molar-refractivity contribution is 7.99. The van der Waals surface area contributed by atoms with Crippen molar-refractivity contribution in [1.29, 1.82) is 0 Å². The smallest absolute Gasteiger partial charge is 0.233 e. The molecule has 1 amide bonds. The highest BCUT2D eigenvalue weighted by atomic mass is 32.2. The van der Waals surface area contributed by atoms with Gasteiger partial charge in [0.15, 0.2) is 5.16 Å². The van der Waals surface area contributed by atoms with Crippen LogP contribution in [0.1, 0.15) is 5.56 Å². The van der Waals surface area contributed by atoms with Crippen LogP contribution in [0.4, 0.5) is 10.1 Å². The van der Waals surface area contributed by atoms with Crippen molar-refractivity contribution < 1.29 is 13.9 Å². The highest BCUT2D eigenvalue weighted by Crippen LogP contribution is 2.27. The Morgan fingerprint density at radius 3 is 2.54 bits per heavy atom. The number of halogens is 1. The molecule has 0 saturated carbocycles. The molecule has 35 heavy (non-hydrogen) atoms. The molecule has 0 unspecified atom stereocenters. The molecule has 1 aromatic heterocycles. The predicted octanol–water partition coefficient (Wildman–Crippen LogP) is 4.67. The molecule has 0 spiro atoms. The number of imidazole rings is 1. The molecule has 180 valence electrons. The predicted molar refractivity (Wildman–Crippen MR) is 138 cm³/mol. The quantitative estimate of drug-likeness (QED) is 0.352. The van der Waals surface area contributed by atoms with Crippen LogP contribution in [-0.4, -0.2) is 59.4 Å². The maximum absolute atomic E-state index is 13.2. The van der Waals surface area contributed by atoms with Crippen LogP contribution >= 0.6 is 11.8 Å². The van der Waals surface area contributed by atoms with Crippen LogP contribution in [0.2, 0.25) is 0 Å². The molecule has 6 nitrogen and oxygen atoms in total. The van der Waals surface area contributed by atoms with Gasteiger partial charge < -0.3 is 19.1 Å². The van der Waals surface area contributed by atoms with Gasteiger partial charge in [-0.25, -0.2) is 9.37 Å². The molecule has 8 heteroatoms. The van der Waals surface area contributed by atoms with E-state index in [1.54, 1.807) is 19.2 Å². The summed E-state index contributed by atoms with van der Waals surface area (Å²) in [6.45, 7) is 3.41. The second-order valence-corrected chi connectivity index (χ2v) is 9.40. The van der Waals surface area contributed by atoms with E-state index in [-0.39, 0.29) is 11.7 Å². The normalized spacial score (nSPS) is 13.9. The number of fused-ring (bicyclic) bond motifs is 1. The zero-order valence-electron chi connectivity index (χ0n) is 19.6. The van der Waals surface area contributed by atoms with Gasteiger partial charge in [0.2, 0.25) is 5.91 Å². The number of anilines is 1. The number of ether oxygens (including phenoxy) is 1. The molecule has 0 N–H and O–H groups in total. The lowest BCUT2D eigenvalue weighted by molar-refractivity contribution is -0.128. The van der Waals surface area contributed by atoms with Crippen LogP contribution in [0.15, 0.2) is 78.0 Å². The second kappa shape index (κ2) is 10.4. The van der Waals surface area contributed by atoms with Crippen molar-refractivity contribution >= 4 is 34.4 Å². The zero-order valence-corrected chi connectivity index (χ0v) is 20.4. The Hall–Kier alpha value is -3.52. The van der Waals surface area contributed by atoms with Crippen molar-refractivity contribution in [1.82, 2.24) is 14.5 Å². The van der Waals surface area contributed by atoms with E-state index in [0.717, 1.165) is 46.3 Å². The van der Waals surface area contributed by atoms with Crippen molar-refractivity contribution in [3.63, 3.8) is 0 Å². The Morgan fingerprint density at radius 2 is 1.77 bits per heavy atom. The van der Waals surface area contributed by atoms with Crippen LogP contribution in [0.5, 0.6) is 5.75 Å². The lowest BCUT2D eigenvalue weighted by Crippen LogP contribution is -2.49. The molecule has 4 aromatic rings. The van der Waals surface area contributed by atoms with Gasteiger partial charge in [0.1, 0.15) is 11.6 Å². The third kappa shape index (κ3) is 5.27. The molecule has 1 saturated heterocycles. The lowest BCUT2D eigenvalue weighted by Gasteiger charge is -2.36. The van der Waals surface area contributed by atoms with Gasteiger partial charge >= 0.3 is 0 Å². The zero-order chi connectivity index (χ0) is 24.2. The number of hydrogen-bond acceptors (Lipinski definition) is 5. The van der Waals surface area contributed by atoms with E-state index in [1.165, 1.54) is 23.9 Å². The molecule has 1 aliphatic heterocycles. The summed E-state index contributed by atoms with van der Waals surface area (Å²) in [5.74, 6) is 1.01. The van der Waals surface area contributed by atoms with Gasteiger partial charge in [-0.2, -0.15) is 0 Å². The summed E-state index contributed by atoms with van der Waals surface area (Å²) in [6.07, 6.45) is 0. The van der Waals surface area contributed by atoms with Gasteiger partial charge in [-0.3, -0.25) is 4.79 Å². The number of para-hydroxylation sites is 2. The van der Waals surface area contributed by atoms with Crippen molar-refractivity contribution in [3.05, 3.63) is 84.2 Å². The fourth-order valence-corrected chi connectivity index (χ4v) is 5.27. The molecule has 2 heterocycles. The van der Waals surface area contributed by atoms with Crippen molar-refractivity contribution in [2.75, 3.05) is 43.9 Å². The number of amides is 1. The third-order valence-corrected chi connectivity index (χ3v) is 7.20. The summed E-state index contributed by atoms with van der Waals surface area (Å²) < 4.78 is 20.8. The van der Waals surface area contributed by atoms with Crippen LogP contribution in [0, 0.1) is 5.82 Å². The SMILES string of the molecule is COc1cccc(Cn2c(SCC(=O)N3CCN(c4ccc(F)cc4)CC3)nc3ccccc32)c1. The first-order valence-corrected chi connectivity index (χ1v) is 12.6. The molecule has 5 rings (SSSR count). The van der Waals surface area contributed by atoms with Crippen LogP contribution in [0.3, 0.4) is 0 Å². The lowest BCUT2D eigenvalue weighted by atomic mass is 10.2. The molecule has 0 bridgehead atoms. The Kier molecular flexibility index (Phi) is 6.90. The first kappa shape index (κ1) is 23.2. The van der Waals surface area contributed by atoms with Gasteiger partial charge in [0.05, 0.1) is 30.4 Å². The van der Waals surface area contributed by atoms with Gasteiger partial charge in [-0.05, 0) is 54.1 Å². The molecule has 0 atom stereocenters. The average Bonchev–Trinajstić information content (AvgIpc) is 3.25. The first-order valence-electron chi connectivity index (χ1n) is 11.6. The number of hydrogen-bond donors (Lipinski definition) is 0. The minimum atomic E-state index is -0.239. The molecular formula is C27H27FN4O2S. The van der Waals surface area contributed by atoms with E-state index in [2.05, 4.69) is 21.6 Å². The van der Waals surface area contributed by atoms with Gasteiger partial charge in [-0.1, -0.05) is 36.0 Å². The van der Waals surface area contributed by atoms with Gasteiger partial charge in [-0.15, -0.1) is 0 Å². The number of methoxy groups -OCH3 is 1. The van der Waals surface area contributed by atoms with E-state index in [1.807, 2.05) is 41.3 Å². The number of nitrogens with zero attached hydrogens (tertiary/aromatic N) is 4. The second-order valence-electron chi connectivity index (χ2n) is 8.45. The number of carbonyl (C=O) groups is 1. The first-order chi connectivity index (χ1) is 17.1. The Bertz CT molecular complexity index is 1320. The maximum Gasteiger partial charge on any atom is 0.233 e. The number of piperazine rings is 1. The van der Waals surface area contributed by atoms with E-state index < -0.39 is 0 Å². The van der Waals surface area contributed by atoms with E-state index in [9.17, 15) is 9.18 Å². The van der Waals surface area contributed by atoms with Crippen molar-refractivity contribution in [2.24, 2.45) is 0 Å². The molecule has 1 fully saturated rings. The summed E-state index contributed by atoms with van der Waals surface area (Å²) in [6, 6.07) is 22.6. The monoisotopic (exact) mass is 490 g/mol. The number of carbonyl (C=O) groups excluding carboxylic acids is 1. The molecule has 3 aromatic carbocycles. The molecule has 1 aliphatic rings. The van der Waals surface area contributed by atoms with Crippen LogP contribution in [0.25, 0.3) is 11.0 Å². The number of benzene rings is 3. The Labute approximate surface area is 208 Å². The largest absolute Gasteiger partial charge is 0.497 e. The summed E-state index contributed by atoms with van der Waals surface area (Å²) in [4.78, 5) is 21.9.